The van der Waals surface area contributed by atoms with Gasteiger partial charge in [0.2, 0.25) is 0 Å². The Morgan fingerprint density at radius 3 is 1.52 bits per heavy atom. The summed E-state index contributed by atoms with van der Waals surface area (Å²) in [6.07, 6.45) is 6.22. The normalized spacial score (nSPS) is 24.7. The molecule has 2 saturated heterocycles. The monoisotopic (exact) mass is 469 g/mol. The lowest BCUT2D eigenvalue weighted by atomic mass is 9.85. The quantitative estimate of drug-likeness (QED) is 0.478. The van der Waals surface area contributed by atoms with Gasteiger partial charge in [-0.15, -0.1) is 0 Å². The minimum absolute atomic E-state index is 0. The molecule has 0 amide bonds. The summed E-state index contributed by atoms with van der Waals surface area (Å²) in [6, 6.07) is 7.54. The molecular weight excluding hydrogens is 446 g/mol. The van der Waals surface area contributed by atoms with Crippen LogP contribution in [0.3, 0.4) is 0 Å². The van der Waals surface area contributed by atoms with Crippen molar-refractivity contribution < 1.29 is 39.0 Å². The molecule has 0 saturated carbocycles. The highest BCUT2D eigenvalue weighted by atomic mass is 79.9. The molecule has 0 N–H and O–H groups in total. The molecule has 2 aromatic rings. The van der Waals surface area contributed by atoms with Gasteiger partial charge < -0.3 is 21.5 Å². The van der Waals surface area contributed by atoms with E-state index in [-0.39, 0.29) is 22.9 Å². The maximum Gasteiger partial charge on any atom is 0.126 e. The largest absolute Gasteiger partial charge is 1.00 e. The molecule has 2 aliphatic rings. The minimum Gasteiger partial charge on any atom is -1.00 e. The van der Waals surface area contributed by atoms with Crippen LogP contribution in [0, 0.1) is 29.2 Å². The zero-order valence-electron chi connectivity index (χ0n) is 16.4. The van der Waals surface area contributed by atoms with Crippen molar-refractivity contribution in [3.63, 3.8) is 0 Å². The molecule has 2 fully saturated rings. The maximum atomic E-state index is 13.9. The van der Waals surface area contributed by atoms with Crippen molar-refractivity contribution in [2.24, 2.45) is 5.92 Å². The lowest BCUT2D eigenvalue weighted by Crippen LogP contribution is -3.00. The fourth-order valence-corrected chi connectivity index (χ4v) is 5.07. The standard InChI is InChI=1S/C23H24F4N.BrH/c1-28(2)21-3-4-22(28)6-14(5-21)7-23(15-8-17(24)12-18(25)9-15)16-10-19(26)13-20(27)11-16;/h7-14,21-22H,3-6H2,1-2H3;1H/q+1;/p-1/t21-,22-;/m0./s1. The van der Waals surface area contributed by atoms with Gasteiger partial charge in [0.25, 0.3) is 0 Å². The lowest BCUT2D eigenvalue weighted by Gasteiger charge is -2.44. The highest BCUT2D eigenvalue weighted by Gasteiger charge is 2.48. The van der Waals surface area contributed by atoms with E-state index in [4.69, 9.17) is 0 Å². The first-order chi connectivity index (χ1) is 13.2. The van der Waals surface area contributed by atoms with Crippen LogP contribution < -0.4 is 17.0 Å². The number of allylic oxidation sites excluding steroid dienone is 1. The average Bonchev–Trinajstić information content (AvgIpc) is 2.76. The first-order valence-corrected chi connectivity index (χ1v) is 9.70. The van der Waals surface area contributed by atoms with E-state index in [0.29, 0.717) is 28.8 Å². The molecule has 0 aromatic heterocycles. The third-order valence-electron chi connectivity index (χ3n) is 6.61. The third kappa shape index (κ3) is 4.43. The molecule has 0 spiro atoms. The predicted molar refractivity (Wildman–Crippen MR) is 101 cm³/mol. The Morgan fingerprint density at radius 1 is 0.759 bits per heavy atom. The van der Waals surface area contributed by atoms with Crippen molar-refractivity contribution in [3.8, 4) is 0 Å². The van der Waals surface area contributed by atoms with E-state index < -0.39 is 23.3 Å². The Kier molecular flexibility index (Phi) is 6.25. The second-order valence-corrected chi connectivity index (χ2v) is 8.64. The number of quaternary nitrogens is 1. The van der Waals surface area contributed by atoms with Gasteiger partial charge >= 0.3 is 0 Å². The van der Waals surface area contributed by atoms with E-state index in [2.05, 4.69) is 14.1 Å². The first-order valence-electron chi connectivity index (χ1n) is 9.70. The van der Waals surface area contributed by atoms with Gasteiger partial charge in [-0.2, -0.15) is 0 Å². The number of fused-ring (bicyclic) bond motifs is 2. The second-order valence-electron chi connectivity index (χ2n) is 8.64. The van der Waals surface area contributed by atoms with E-state index in [1.54, 1.807) is 0 Å². The van der Waals surface area contributed by atoms with E-state index in [0.717, 1.165) is 29.5 Å². The molecule has 2 heterocycles. The number of benzene rings is 2. The van der Waals surface area contributed by atoms with Crippen molar-refractivity contribution in [2.45, 2.75) is 37.8 Å². The molecule has 1 nitrogen and oxygen atoms in total. The molecule has 156 valence electrons. The Bertz CT molecular complexity index is 830. The van der Waals surface area contributed by atoms with Gasteiger partial charge in [0.15, 0.2) is 0 Å². The molecule has 0 unspecified atom stereocenters. The number of nitrogens with zero attached hydrogens (tertiary/aromatic N) is 1. The van der Waals surface area contributed by atoms with Crippen molar-refractivity contribution in [2.75, 3.05) is 14.1 Å². The maximum absolute atomic E-state index is 13.9. The van der Waals surface area contributed by atoms with E-state index in [9.17, 15) is 17.6 Å². The zero-order chi connectivity index (χ0) is 20.1. The van der Waals surface area contributed by atoms with Crippen LogP contribution in [0.4, 0.5) is 17.6 Å². The summed E-state index contributed by atoms with van der Waals surface area (Å²) < 4.78 is 56.4. The van der Waals surface area contributed by atoms with Crippen molar-refractivity contribution >= 4 is 5.57 Å². The van der Waals surface area contributed by atoms with E-state index in [1.165, 1.54) is 37.1 Å². The second kappa shape index (κ2) is 8.23. The number of piperidine rings is 1. The molecule has 2 bridgehead atoms. The Balaban J connectivity index is 0.00000240. The Labute approximate surface area is 179 Å². The third-order valence-corrected chi connectivity index (χ3v) is 6.61. The lowest BCUT2D eigenvalue weighted by molar-refractivity contribution is -0.931. The molecular formula is C23H24BrF4N. The molecule has 2 aliphatic heterocycles. The van der Waals surface area contributed by atoms with Crippen LogP contribution in [-0.4, -0.2) is 30.7 Å². The summed E-state index contributed by atoms with van der Waals surface area (Å²) in [4.78, 5) is 0. The van der Waals surface area contributed by atoms with E-state index >= 15 is 0 Å². The number of hydrogen-bond donors (Lipinski definition) is 0. The summed E-state index contributed by atoms with van der Waals surface area (Å²) in [5, 5.41) is 0. The Hall–Kier alpha value is -1.66. The van der Waals surface area contributed by atoms with Crippen molar-refractivity contribution in [3.05, 3.63) is 76.9 Å². The molecule has 29 heavy (non-hydrogen) atoms. The van der Waals surface area contributed by atoms with Crippen LogP contribution in [0.15, 0.2) is 42.5 Å². The van der Waals surface area contributed by atoms with Gasteiger partial charge in [-0.25, -0.2) is 17.6 Å². The number of halogens is 5. The van der Waals surface area contributed by atoms with Crippen LogP contribution in [0.2, 0.25) is 0 Å². The van der Waals surface area contributed by atoms with Crippen LogP contribution in [-0.2, 0) is 0 Å². The van der Waals surface area contributed by atoms with Gasteiger partial charge in [0, 0.05) is 37.8 Å². The molecule has 0 aliphatic carbocycles. The first kappa shape index (κ1) is 22.0. The molecule has 0 radical (unpaired) electrons. The molecule has 2 atom stereocenters. The summed E-state index contributed by atoms with van der Waals surface area (Å²) in [5.74, 6) is -2.63. The van der Waals surface area contributed by atoms with Crippen molar-refractivity contribution in [1.29, 1.82) is 0 Å². The SMILES string of the molecule is C[N+]1(C)[C@H]2CC[C@H]1CC(C=C(c1cc(F)cc(F)c1)c1cc(F)cc(F)c1)C2.[Br-]. The predicted octanol–water partition coefficient (Wildman–Crippen LogP) is 2.70. The summed E-state index contributed by atoms with van der Waals surface area (Å²) >= 11 is 0. The summed E-state index contributed by atoms with van der Waals surface area (Å²) in [6.45, 7) is 0. The summed E-state index contributed by atoms with van der Waals surface area (Å²) in [5.41, 5.74) is 1.08. The highest BCUT2D eigenvalue weighted by Crippen LogP contribution is 2.43. The van der Waals surface area contributed by atoms with Gasteiger partial charge in [0.05, 0.1) is 26.2 Å². The van der Waals surface area contributed by atoms with Gasteiger partial charge in [-0.3, -0.25) is 0 Å². The van der Waals surface area contributed by atoms with Gasteiger partial charge in [-0.1, -0.05) is 6.08 Å². The van der Waals surface area contributed by atoms with E-state index in [1.807, 2.05) is 6.08 Å². The molecule has 6 heteroatoms. The highest BCUT2D eigenvalue weighted by molar-refractivity contribution is 5.80. The zero-order valence-corrected chi connectivity index (χ0v) is 18.0. The molecule has 2 aromatic carbocycles. The minimum atomic E-state index is -0.709. The Morgan fingerprint density at radius 2 is 1.14 bits per heavy atom. The van der Waals surface area contributed by atoms with Crippen LogP contribution in [0.1, 0.15) is 36.8 Å². The number of hydrogen-bond acceptors (Lipinski definition) is 0. The van der Waals surface area contributed by atoms with Crippen LogP contribution in [0.5, 0.6) is 0 Å². The van der Waals surface area contributed by atoms with Crippen LogP contribution >= 0.6 is 0 Å². The smallest absolute Gasteiger partial charge is 0.126 e. The number of rotatable bonds is 3. The topological polar surface area (TPSA) is 0 Å². The fraction of sp³-hybridized carbons (Fsp3) is 0.391. The average molecular weight is 470 g/mol. The van der Waals surface area contributed by atoms with Crippen molar-refractivity contribution in [1.82, 2.24) is 0 Å². The fourth-order valence-electron chi connectivity index (χ4n) is 5.07. The molecule has 4 rings (SSSR count). The van der Waals surface area contributed by atoms with Crippen LogP contribution in [0.25, 0.3) is 5.57 Å². The summed E-state index contributed by atoms with van der Waals surface area (Å²) in [7, 11) is 4.51. The van der Waals surface area contributed by atoms with Gasteiger partial charge in [-0.05, 0) is 46.9 Å². The van der Waals surface area contributed by atoms with Gasteiger partial charge in [0.1, 0.15) is 23.3 Å².